The van der Waals surface area contributed by atoms with Crippen molar-refractivity contribution >= 4 is 0 Å². The third-order valence-electron chi connectivity index (χ3n) is 3.36. The lowest BCUT2D eigenvalue weighted by Gasteiger charge is -2.13. The van der Waals surface area contributed by atoms with E-state index in [2.05, 4.69) is 61.6 Å². The Balaban J connectivity index is 1.98. The molecule has 1 unspecified atom stereocenters. The number of aryl methyl sites for hydroxylation is 1. The van der Waals surface area contributed by atoms with Gasteiger partial charge in [-0.3, -0.25) is 4.68 Å². The van der Waals surface area contributed by atoms with Gasteiger partial charge in [0, 0.05) is 12.7 Å². The first-order chi connectivity index (χ1) is 9.19. The van der Waals surface area contributed by atoms with Crippen LogP contribution >= 0.6 is 0 Å². The maximum absolute atomic E-state index is 4.32. The fourth-order valence-electron chi connectivity index (χ4n) is 2.17. The molecule has 0 aliphatic carbocycles. The lowest BCUT2D eigenvalue weighted by molar-refractivity contribution is 0.634. The SMILES string of the molecule is CCNCC(C)c1ccc(Cn2cc(C)cn2)cc1. The number of hydrogen-bond donors (Lipinski definition) is 1. The molecule has 19 heavy (non-hydrogen) atoms. The molecule has 0 saturated heterocycles. The number of nitrogens with zero attached hydrogens (tertiary/aromatic N) is 2. The van der Waals surface area contributed by atoms with Crippen LogP contribution in [0.5, 0.6) is 0 Å². The summed E-state index contributed by atoms with van der Waals surface area (Å²) in [5.41, 5.74) is 3.89. The Kier molecular flexibility index (Phi) is 4.74. The number of hydrogen-bond acceptors (Lipinski definition) is 2. The summed E-state index contributed by atoms with van der Waals surface area (Å²) in [4.78, 5) is 0. The number of nitrogens with one attached hydrogen (secondary N) is 1. The average molecular weight is 257 g/mol. The lowest BCUT2D eigenvalue weighted by Crippen LogP contribution is -2.19. The molecule has 3 heteroatoms. The van der Waals surface area contributed by atoms with E-state index in [1.165, 1.54) is 16.7 Å². The Hall–Kier alpha value is -1.61. The minimum atomic E-state index is 0.556. The molecule has 1 aromatic carbocycles. The zero-order valence-corrected chi connectivity index (χ0v) is 12.1. The molecule has 2 rings (SSSR count). The van der Waals surface area contributed by atoms with Gasteiger partial charge in [-0.2, -0.15) is 5.10 Å². The molecule has 0 aliphatic heterocycles. The fourth-order valence-corrected chi connectivity index (χ4v) is 2.17. The molecule has 1 heterocycles. The molecule has 0 saturated carbocycles. The van der Waals surface area contributed by atoms with Crippen molar-refractivity contribution in [1.82, 2.24) is 15.1 Å². The predicted octanol–water partition coefficient (Wildman–Crippen LogP) is 2.95. The van der Waals surface area contributed by atoms with Crippen molar-refractivity contribution in [3.8, 4) is 0 Å². The predicted molar refractivity (Wildman–Crippen MR) is 79.5 cm³/mol. The van der Waals surface area contributed by atoms with Crippen molar-refractivity contribution in [3.05, 3.63) is 53.3 Å². The van der Waals surface area contributed by atoms with Crippen LogP contribution in [-0.2, 0) is 6.54 Å². The van der Waals surface area contributed by atoms with Gasteiger partial charge in [-0.25, -0.2) is 0 Å². The van der Waals surface area contributed by atoms with Crippen LogP contribution in [0.2, 0.25) is 0 Å². The van der Waals surface area contributed by atoms with Gasteiger partial charge in [0.05, 0.1) is 12.7 Å². The zero-order valence-electron chi connectivity index (χ0n) is 12.1. The van der Waals surface area contributed by atoms with Crippen molar-refractivity contribution in [1.29, 1.82) is 0 Å². The van der Waals surface area contributed by atoms with E-state index in [-0.39, 0.29) is 0 Å². The molecular formula is C16H23N3. The van der Waals surface area contributed by atoms with E-state index >= 15 is 0 Å². The number of aromatic nitrogens is 2. The second-order valence-electron chi connectivity index (χ2n) is 5.17. The van der Waals surface area contributed by atoms with E-state index < -0.39 is 0 Å². The van der Waals surface area contributed by atoms with Crippen molar-refractivity contribution in [2.24, 2.45) is 0 Å². The summed E-state index contributed by atoms with van der Waals surface area (Å²) in [5.74, 6) is 0.556. The van der Waals surface area contributed by atoms with E-state index in [1.807, 2.05) is 10.9 Å². The van der Waals surface area contributed by atoms with Crippen LogP contribution in [0.3, 0.4) is 0 Å². The standard InChI is InChI=1S/C16H23N3/c1-4-17-10-14(3)16-7-5-15(6-8-16)12-19-11-13(2)9-18-19/h5-9,11,14,17H,4,10,12H2,1-3H3. The molecule has 0 spiro atoms. The van der Waals surface area contributed by atoms with E-state index in [4.69, 9.17) is 0 Å². The van der Waals surface area contributed by atoms with Crippen LogP contribution in [0.15, 0.2) is 36.7 Å². The van der Waals surface area contributed by atoms with Crippen LogP contribution in [0.25, 0.3) is 0 Å². The van der Waals surface area contributed by atoms with Gasteiger partial charge in [-0.05, 0) is 36.1 Å². The highest BCUT2D eigenvalue weighted by molar-refractivity contribution is 5.25. The first-order valence-corrected chi connectivity index (χ1v) is 6.97. The topological polar surface area (TPSA) is 29.9 Å². The highest BCUT2D eigenvalue weighted by Gasteiger charge is 2.04. The molecule has 3 nitrogen and oxygen atoms in total. The van der Waals surface area contributed by atoms with Crippen molar-refractivity contribution < 1.29 is 0 Å². The third kappa shape index (κ3) is 3.93. The summed E-state index contributed by atoms with van der Waals surface area (Å²) in [6, 6.07) is 8.87. The minimum Gasteiger partial charge on any atom is -0.316 e. The Morgan fingerprint density at radius 1 is 1.26 bits per heavy atom. The van der Waals surface area contributed by atoms with Crippen molar-refractivity contribution in [3.63, 3.8) is 0 Å². The van der Waals surface area contributed by atoms with Gasteiger partial charge in [0.25, 0.3) is 0 Å². The van der Waals surface area contributed by atoms with Gasteiger partial charge in [-0.15, -0.1) is 0 Å². The summed E-state index contributed by atoms with van der Waals surface area (Å²) in [7, 11) is 0. The summed E-state index contributed by atoms with van der Waals surface area (Å²) in [5, 5.41) is 7.71. The zero-order chi connectivity index (χ0) is 13.7. The molecule has 1 aromatic heterocycles. The minimum absolute atomic E-state index is 0.556. The highest BCUT2D eigenvalue weighted by Crippen LogP contribution is 2.15. The summed E-state index contributed by atoms with van der Waals surface area (Å²) >= 11 is 0. The summed E-state index contributed by atoms with van der Waals surface area (Å²) in [6.45, 7) is 9.37. The molecule has 0 amide bonds. The summed E-state index contributed by atoms with van der Waals surface area (Å²) in [6.07, 6.45) is 3.97. The fraction of sp³-hybridized carbons (Fsp3) is 0.438. The van der Waals surface area contributed by atoms with Crippen LogP contribution < -0.4 is 5.32 Å². The number of benzene rings is 1. The van der Waals surface area contributed by atoms with Gasteiger partial charge in [0.1, 0.15) is 0 Å². The molecule has 0 aliphatic rings. The largest absolute Gasteiger partial charge is 0.316 e. The Labute approximate surface area is 115 Å². The third-order valence-corrected chi connectivity index (χ3v) is 3.36. The van der Waals surface area contributed by atoms with Crippen LogP contribution in [0.1, 0.15) is 36.5 Å². The molecule has 0 fully saturated rings. The van der Waals surface area contributed by atoms with Gasteiger partial charge in [-0.1, -0.05) is 38.1 Å². The van der Waals surface area contributed by atoms with Gasteiger partial charge >= 0.3 is 0 Å². The van der Waals surface area contributed by atoms with Crippen molar-refractivity contribution in [2.75, 3.05) is 13.1 Å². The quantitative estimate of drug-likeness (QED) is 0.862. The molecule has 2 aromatic rings. The van der Waals surface area contributed by atoms with Gasteiger partial charge < -0.3 is 5.32 Å². The lowest BCUT2D eigenvalue weighted by atomic mass is 10.00. The molecule has 1 atom stereocenters. The smallest absolute Gasteiger partial charge is 0.0659 e. The Bertz CT molecular complexity index is 499. The van der Waals surface area contributed by atoms with E-state index in [1.54, 1.807) is 0 Å². The summed E-state index contributed by atoms with van der Waals surface area (Å²) < 4.78 is 1.98. The van der Waals surface area contributed by atoms with E-state index in [0.29, 0.717) is 5.92 Å². The highest BCUT2D eigenvalue weighted by atomic mass is 15.3. The monoisotopic (exact) mass is 257 g/mol. The maximum atomic E-state index is 4.32. The van der Waals surface area contributed by atoms with Crippen LogP contribution in [0, 0.1) is 6.92 Å². The first-order valence-electron chi connectivity index (χ1n) is 6.97. The van der Waals surface area contributed by atoms with E-state index in [0.717, 1.165) is 19.6 Å². The Morgan fingerprint density at radius 2 is 2.00 bits per heavy atom. The molecular weight excluding hydrogens is 234 g/mol. The van der Waals surface area contributed by atoms with Gasteiger partial charge in [0.2, 0.25) is 0 Å². The first kappa shape index (κ1) is 13.8. The second-order valence-corrected chi connectivity index (χ2v) is 5.17. The Morgan fingerprint density at radius 3 is 2.58 bits per heavy atom. The van der Waals surface area contributed by atoms with E-state index in [9.17, 15) is 0 Å². The molecule has 1 N–H and O–H groups in total. The molecule has 102 valence electrons. The van der Waals surface area contributed by atoms with Crippen molar-refractivity contribution in [2.45, 2.75) is 33.2 Å². The maximum Gasteiger partial charge on any atom is 0.0659 e. The average Bonchev–Trinajstić information content (AvgIpc) is 2.82. The van der Waals surface area contributed by atoms with Crippen LogP contribution in [-0.4, -0.2) is 22.9 Å². The second kappa shape index (κ2) is 6.53. The van der Waals surface area contributed by atoms with Gasteiger partial charge in [0.15, 0.2) is 0 Å². The number of rotatable bonds is 6. The molecule has 0 radical (unpaired) electrons. The van der Waals surface area contributed by atoms with Crippen LogP contribution in [0.4, 0.5) is 0 Å². The normalized spacial score (nSPS) is 12.6. The molecule has 0 bridgehead atoms. The number of likely N-dealkylation sites (N-methyl/N-ethyl adjacent to an activating group) is 1.